The van der Waals surface area contributed by atoms with E-state index < -0.39 is 16.8 Å². The van der Waals surface area contributed by atoms with Gasteiger partial charge in [-0.1, -0.05) is 0 Å². The van der Waals surface area contributed by atoms with Crippen LogP contribution in [0, 0.1) is 5.82 Å². The predicted molar refractivity (Wildman–Crippen MR) is 82.9 cm³/mol. The number of nitrogens with one attached hydrogen (secondary N) is 2. The molecule has 0 amide bonds. The molecule has 0 saturated heterocycles. The Hall–Kier alpha value is -2.77. The Morgan fingerprint density at radius 2 is 2.26 bits per heavy atom. The fourth-order valence-electron chi connectivity index (χ4n) is 3.11. The Labute approximate surface area is 128 Å². The molecule has 0 radical (unpaired) electrons. The lowest BCUT2D eigenvalue weighted by atomic mass is 10.1. The average Bonchev–Trinajstić information content (AvgIpc) is 2.90. The Kier molecular flexibility index (Phi) is 2.78. The standard InChI is InChI=1S/C15H14FN3O4/c1-3-17-10-8(16)4-7-11-13(10)22-5-6(2)19(11)15-9(12(7)20)14(21)18-23-15/h4,6,17H,3,5H2,1-2H3,(H,18,21). The molecule has 7 nitrogen and oxygen atoms in total. The summed E-state index contributed by atoms with van der Waals surface area (Å²) in [6.45, 7) is 4.48. The number of fused-ring (bicyclic) bond motifs is 2. The van der Waals surface area contributed by atoms with E-state index in [1.165, 1.54) is 0 Å². The van der Waals surface area contributed by atoms with Gasteiger partial charge in [0.05, 0.1) is 11.4 Å². The zero-order chi connectivity index (χ0) is 16.3. The van der Waals surface area contributed by atoms with Crippen LogP contribution in [0.25, 0.3) is 22.0 Å². The van der Waals surface area contributed by atoms with Gasteiger partial charge in [0.15, 0.2) is 17.0 Å². The normalized spacial score (nSPS) is 16.7. The van der Waals surface area contributed by atoms with Crippen molar-refractivity contribution in [3.8, 4) is 5.75 Å². The fourth-order valence-corrected chi connectivity index (χ4v) is 3.11. The van der Waals surface area contributed by atoms with Gasteiger partial charge in [0.2, 0.25) is 11.1 Å². The van der Waals surface area contributed by atoms with Crippen LogP contribution in [0.2, 0.25) is 0 Å². The Bertz CT molecular complexity index is 1060. The van der Waals surface area contributed by atoms with Crippen LogP contribution >= 0.6 is 0 Å². The largest absolute Gasteiger partial charge is 0.487 e. The van der Waals surface area contributed by atoms with Gasteiger partial charge >= 0.3 is 0 Å². The van der Waals surface area contributed by atoms with E-state index in [2.05, 4.69) is 10.5 Å². The SMILES string of the molecule is CCNc1c(F)cc2c(=O)c3c(=O)[nH]oc3n3c2c1OCC3C. The first-order chi connectivity index (χ1) is 11.0. The van der Waals surface area contributed by atoms with Crippen LogP contribution in [0.3, 0.4) is 0 Å². The average molecular weight is 319 g/mol. The van der Waals surface area contributed by atoms with Crippen LogP contribution in [0.15, 0.2) is 20.2 Å². The maximum absolute atomic E-state index is 14.4. The van der Waals surface area contributed by atoms with Gasteiger partial charge in [-0.25, -0.2) is 4.39 Å². The monoisotopic (exact) mass is 319 g/mol. The third-order valence-electron chi connectivity index (χ3n) is 4.08. The van der Waals surface area contributed by atoms with E-state index in [0.29, 0.717) is 12.1 Å². The molecule has 8 heteroatoms. The van der Waals surface area contributed by atoms with Crippen molar-refractivity contribution < 1.29 is 13.7 Å². The first kappa shape index (κ1) is 13.9. The molecule has 1 aliphatic heterocycles. The molecule has 1 aromatic carbocycles. The molecule has 3 heterocycles. The lowest BCUT2D eigenvalue weighted by Crippen LogP contribution is -2.25. The molecule has 0 spiro atoms. The summed E-state index contributed by atoms with van der Waals surface area (Å²) < 4.78 is 27.0. The van der Waals surface area contributed by atoms with Crippen molar-refractivity contribution >= 4 is 27.7 Å². The predicted octanol–water partition coefficient (Wildman–Crippen LogP) is 1.96. The van der Waals surface area contributed by atoms with E-state index >= 15 is 0 Å². The van der Waals surface area contributed by atoms with Crippen LogP contribution < -0.4 is 21.0 Å². The van der Waals surface area contributed by atoms with Crippen molar-refractivity contribution in [3.63, 3.8) is 0 Å². The second-order valence-electron chi connectivity index (χ2n) is 5.56. The Morgan fingerprint density at radius 1 is 1.48 bits per heavy atom. The summed E-state index contributed by atoms with van der Waals surface area (Å²) in [7, 11) is 0. The van der Waals surface area contributed by atoms with Crippen LogP contribution in [-0.2, 0) is 0 Å². The molecule has 0 fully saturated rings. The van der Waals surface area contributed by atoms with Gasteiger partial charge in [0.25, 0.3) is 5.56 Å². The summed E-state index contributed by atoms with van der Waals surface area (Å²) >= 11 is 0. The van der Waals surface area contributed by atoms with E-state index in [1.807, 2.05) is 13.8 Å². The van der Waals surface area contributed by atoms with E-state index in [9.17, 15) is 14.0 Å². The van der Waals surface area contributed by atoms with Crippen LogP contribution in [0.1, 0.15) is 19.9 Å². The number of rotatable bonds is 2. The number of aromatic nitrogens is 2. The van der Waals surface area contributed by atoms with Gasteiger partial charge in [0.1, 0.15) is 17.8 Å². The molecule has 1 atom stereocenters. The van der Waals surface area contributed by atoms with E-state index in [1.54, 1.807) is 4.57 Å². The second-order valence-corrected chi connectivity index (χ2v) is 5.56. The van der Waals surface area contributed by atoms with Crippen LogP contribution in [-0.4, -0.2) is 22.9 Å². The first-order valence-electron chi connectivity index (χ1n) is 7.33. The van der Waals surface area contributed by atoms with Crippen molar-refractivity contribution in [1.29, 1.82) is 0 Å². The number of ether oxygens (including phenoxy) is 1. The maximum atomic E-state index is 14.4. The highest BCUT2D eigenvalue weighted by atomic mass is 19.1. The van der Waals surface area contributed by atoms with E-state index in [-0.39, 0.29) is 40.6 Å². The molecule has 4 rings (SSSR count). The minimum atomic E-state index is -0.618. The lowest BCUT2D eigenvalue weighted by Gasteiger charge is -2.28. The van der Waals surface area contributed by atoms with Gasteiger partial charge < -0.3 is 14.6 Å². The van der Waals surface area contributed by atoms with Crippen molar-refractivity contribution in [2.24, 2.45) is 0 Å². The van der Waals surface area contributed by atoms with Crippen molar-refractivity contribution in [3.05, 3.63) is 32.5 Å². The first-order valence-corrected chi connectivity index (χ1v) is 7.33. The van der Waals surface area contributed by atoms with E-state index in [0.717, 1.165) is 6.07 Å². The summed E-state index contributed by atoms with van der Waals surface area (Å²) in [5.74, 6) is -0.324. The number of halogens is 1. The highest BCUT2D eigenvalue weighted by Gasteiger charge is 2.29. The fraction of sp³-hybridized carbons (Fsp3) is 0.333. The quantitative estimate of drug-likeness (QED) is 0.754. The molecule has 1 unspecified atom stereocenters. The molecular weight excluding hydrogens is 305 g/mol. The number of hydrogen-bond donors (Lipinski definition) is 2. The smallest absolute Gasteiger partial charge is 0.293 e. The van der Waals surface area contributed by atoms with Gasteiger partial charge in [-0.15, -0.1) is 0 Å². The summed E-state index contributed by atoms with van der Waals surface area (Å²) in [5.41, 5.74) is -0.397. The number of benzene rings is 1. The zero-order valence-electron chi connectivity index (χ0n) is 12.5. The molecule has 3 aromatic rings. The van der Waals surface area contributed by atoms with Crippen molar-refractivity contribution in [2.45, 2.75) is 19.9 Å². The highest BCUT2D eigenvalue weighted by molar-refractivity contribution is 5.98. The second kappa shape index (κ2) is 4.61. The maximum Gasteiger partial charge on any atom is 0.293 e. The molecule has 2 aromatic heterocycles. The third kappa shape index (κ3) is 1.68. The van der Waals surface area contributed by atoms with Crippen molar-refractivity contribution in [1.82, 2.24) is 9.72 Å². The molecule has 120 valence electrons. The van der Waals surface area contributed by atoms with E-state index in [4.69, 9.17) is 9.26 Å². The van der Waals surface area contributed by atoms with Gasteiger partial charge in [-0.2, -0.15) is 5.16 Å². The number of anilines is 1. The third-order valence-corrected chi connectivity index (χ3v) is 4.08. The molecule has 0 saturated carbocycles. The summed E-state index contributed by atoms with van der Waals surface area (Å²) in [4.78, 5) is 24.5. The summed E-state index contributed by atoms with van der Waals surface area (Å²) in [6.07, 6.45) is 0. The number of pyridine rings is 1. The topological polar surface area (TPSA) is 89.3 Å². The molecule has 0 aliphatic carbocycles. The molecular formula is C15H14FN3O4. The Balaban J connectivity index is 2.31. The number of H-pyrrole nitrogens is 1. The molecule has 2 N–H and O–H groups in total. The minimum absolute atomic E-state index is 0.102. The lowest BCUT2D eigenvalue weighted by molar-refractivity contribution is 0.245. The number of nitrogens with zero attached hydrogens (tertiary/aromatic N) is 1. The molecule has 1 aliphatic rings. The van der Waals surface area contributed by atoms with Crippen LogP contribution in [0.5, 0.6) is 5.75 Å². The number of hydrogen-bond acceptors (Lipinski definition) is 5. The molecule has 23 heavy (non-hydrogen) atoms. The number of aromatic amines is 1. The molecule has 0 bridgehead atoms. The Morgan fingerprint density at radius 3 is 3.00 bits per heavy atom. The minimum Gasteiger partial charge on any atom is -0.487 e. The van der Waals surface area contributed by atoms with Gasteiger partial charge in [0, 0.05) is 6.54 Å². The van der Waals surface area contributed by atoms with Crippen LogP contribution in [0.4, 0.5) is 10.1 Å². The summed E-state index contributed by atoms with van der Waals surface area (Å²) in [6, 6.07) is 0.968. The van der Waals surface area contributed by atoms with Crippen molar-refractivity contribution in [2.75, 3.05) is 18.5 Å². The highest BCUT2D eigenvalue weighted by Crippen LogP contribution is 2.40. The van der Waals surface area contributed by atoms with Gasteiger partial charge in [-0.3, -0.25) is 14.2 Å². The van der Waals surface area contributed by atoms with Gasteiger partial charge in [-0.05, 0) is 19.9 Å². The zero-order valence-corrected chi connectivity index (χ0v) is 12.5. The summed E-state index contributed by atoms with van der Waals surface area (Å²) in [5, 5.41) is 5.10.